The maximum absolute atomic E-state index is 13.5. The summed E-state index contributed by atoms with van der Waals surface area (Å²) in [6.45, 7) is 4.27. The van der Waals surface area contributed by atoms with Gasteiger partial charge >= 0.3 is 0 Å². The number of hydrogen-bond donors (Lipinski definition) is 1. The molecule has 8 heteroatoms. The number of piperidine rings is 1. The van der Waals surface area contributed by atoms with Gasteiger partial charge in [0.05, 0.1) is 16.2 Å². The molecule has 0 radical (unpaired) electrons. The van der Waals surface area contributed by atoms with E-state index in [-0.39, 0.29) is 35.2 Å². The van der Waals surface area contributed by atoms with Gasteiger partial charge < -0.3 is 10.2 Å². The standard InChI is InChI=1S/C25H37N3O4S/c1-25(2)21-16-20(13-14-22(21)27(3)24(25)30)33(31,32)28-15-9-10-18(17-28)23(29)26-19-11-7-5-4-6-8-12-19/h13-14,16,18-19H,4-12,15,17H2,1-3H3,(H,26,29)/t18-/m1/s1. The summed E-state index contributed by atoms with van der Waals surface area (Å²) in [7, 11) is -2.04. The Morgan fingerprint density at radius 3 is 2.39 bits per heavy atom. The van der Waals surface area contributed by atoms with Crippen molar-refractivity contribution >= 4 is 27.5 Å². The number of nitrogens with zero attached hydrogens (tertiary/aromatic N) is 2. The van der Waals surface area contributed by atoms with E-state index in [2.05, 4.69) is 5.32 Å². The Hall–Kier alpha value is -1.93. The van der Waals surface area contributed by atoms with Crippen LogP contribution in [-0.4, -0.2) is 50.7 Å². The molecule has 2 aliphatic heterocycles. The molecule has 1 aromatic rings. The predicted molar refractivity (Wildman–Crippen MR) is 129 cm³/mol. The first-order valence-corrected chi connectivity index (χ1v) is 13.8. The molecule has 0 spiro atoms. The molecule has 0 unspecified atom stereocenters. The van der Waals surface area contributed by atoms with Crippen molar-refractivity contribution in [2.45, 2.75) is 88.0 Å². The highest BCUT2D eigenvalue weighted by Crippen LogP contribution is 2.42. The van der Waals surface area contributed by atoms with Crippen molar-refractivity contribution in [1.29, 1.82) is 0 Å². The summed E-state index contributed by atoms with van der Waals surface area (Å²) in [5, 5.41) is 3.22. The molecule has 1 aromatic carbocycles. The second-order valence-corrected chi connectivity index (χ2v) is 12.4. The van der Waals surface area contributed by atoms with Gasteiger partial charge in [-0.1, -0.05) is 32.1 Å². The minimum absolute atomic E-state index is 0.0113. The molecule has 1 aliphatic carbocycles. The number of amides is 2. The van der Waals surface area contributed by atoms with E-state index in [0.29, 0.717) is 19.4 Å². The lowest BCUT2D eigenvalue weighted by molar-refractivity contribution is -0.127. The van der Waals surface area contributed by atoms with Gasteiger partial charge in [0.25, 0.3) is 0 Å². The summed E-state index contributed by atoms with van der Waals surface area (Å²) in [5.74, 6) is -0.378. The molecule has 3 aliphatic rings. The highest BCUT2D eigenvalue weighted by Gasteiger charge is 2.43. The quantitative estimate of drug-likeness (QED) is 0.721. The first-order chi connectivity index (χ1) is 15.6. The van der Waals surface area contributed by atoms with Crippen LogP contribution in [0.25, 0.3) is 0 Å². The van der Waals surface area contributed by atoms with Gasteiger partial charge in [0.1, 0.15) is 0 Å². The fourth-order valence-electron chi connectivity index (χ4n) is 5.56. The molecule has 2 amide bonds. The van der Waals surface area contributed by atoms with Gasteiger partial charge in [-0.2, -0.15) is 4.31 Å². The molecule has 1 saturated heterocycles. The highest BCUT2D eigenvalue weighted by atomic mass is 32.2. The average molecular weight is 476 g/mol. The van der Waals surface area contributed by atoms with Crippen LogP contribution in [0, 0.1) is 5.92 Å². The molecule has 1 saturated carbocycles. The number of nitrogens with one attached hydrogen (secondary N) is 1. The Morgan fingerprint density at radius 2 is 1.70 bits per heavy atom. The van der Waals surface area contributed by atoms with Crippen molar-refractivity contribution in [2.24, 2.45) is 5.92 Å². The maximum Gasteiger partial charge on any atom is 0.243 e. The molecule has 182 valence electrons. The van der Waals surface area contributed by atoms with E-state index in [0.717, 1.165) is 36.9 Å². The monoisotopic (exact) mass is 475 g/mol. The molecular formula is C25H37N3O4S. The number of sulfonamides is 1. The van der Waals surface area contributed by atoms with Gasteiger partial charge in [0.2, 0.25) is 21.8 Å². The second-order valence-electron chi connectivity index (χ2n) is 10.4. The molecule has 2 fully saturated rings. The fourth-order valence-corrected chi connectivity index (χ4v) is 7.11. The average Bonchev–Trinajstić information content (AvgIpc) is 2.95. The minimum Gasteiger partial charge on any atom is -0.353 e. The van der Waals surface area contributed by atoms with Gasteiger partial charge in [-0.05, 0) is 63.3 Å². The van der Waals surface area contributed by atoms with Crippen LogP contribution in [0.4, 0.5) is 5.69 Å². The first-order valence-electron chi connectivity index (χ1n) is 12.4. The number of carbonyl (C=O) groups is 2. The number of anilines is 1. The largest absolute Gasteiger partial charge is 0.353 e. The van der Waals surface area contributed by atoms with E-state index in [4.69, 9.17) is 0 Å². The fraction of sp³-hybridized carbons (Fsp3) is 0.680. The van der Waals surface area contributed by atoms with Crippen LogP contribution < -0.4 is 10.2 Å². The smallest absolute Gasteiger partial charge is 0.243 e. The van der Waals surface area contributed by atoms with Crippen molar-refractivity contribution in [3.8, 4) is 0 Å². The van der Waals surface area contributed by atoms with Crippen molar-refractivity contribution in [1.82, 2.24) is 9.62 Å². The van der Waals surface area contributed by atoms with Crippen LogP contribution >= 0.6 is 0 Å². The third kappa shape index (κ3) is 4.69. The first kappa shape index (κ1) is 24.2. The van der Waals surface area contributed by atoms with Gasteiger partial charge in [-0.15, -0.1) is 0 Å². The number of rotatable bonds is 4. The van der Waals surface area contributed by atoms with E-state index < -0.39 is 15.4 Å². The van der Waals surface area contributed by atoms with E-state index in [1.165, 1.54) is 23.6 Å². The lowest BCUT2D eigenvalue weighted by atomic mass is 9.86. The van der Waals surface area contributed by atoms with Crippen LogP contribution in [-0.2, 0) is 25.0 Å². The summed E-state index contributed by atoms with van der Waals surface area (Å²) in [5.41, 5.74) is 0.711. The molecule has 1 atom stereocenters. The molecule has 0 aromatic heterocycles. The SMILES string of the molecule is CN1C(=O)C(C)(C)c2cc(S(=O)(=O)N3CCC[C@@H](C(=O)NC4CCCCCCC4)C3)ccc21. The zero-order valence-electron chi connectivity index (χ0n) is 20.1. The van der Waals surface area contributed by atoms with Gasteiger partial charge in [-0.3, -0.25) is 9.59 Å². The van der Waals surface area contributed by atoms with Crippen molar-refractivity contribution in [3.63, 3.8) is 0 Å². The second kappa shape index (κ2) is 9.37. The van der Waals surface area contributed by atoms with Crippen LogP contribution in [0.2, 0.25) is 0 Å². The Bertz CT molecular complexity index is 1010. The van der Waals surface area contributed by atoms with E-state index >= 15 is 0 Å². The molecule has 0 bridgehead atoms. The van der Waals surface area contributed by atoms with E-state index in [1.807, 2.05) is 13.8 Å². The lowest BCUT2D eigenvalue weighted by Crippen LogP contribution is -2.47. The van der Waals surface area contributed by atoms with Gasteiger partial charge in [0, 0.05) is 31.9 Å². The zero-order chi connectivity index (χ0) is 23.8. The Kier molecular flexibility index (Phi) is 6.87. The summed E-state index contributed by atoms with van der Waals surface area (Å²) in [6, 6.07) is 5.15. The summed E-state index contributed by atoms with van der Waals surface area (Å²) in [6.07, 6.45) is 9.41. The van der Waals surface area contributed by atoms with Crippen molar-refractivity contribution < 1.29 is 18.0 Å². The Labute approximate surface area is 198 Å². The van der Waals surface area contributed by atoms with E-state index in [9.17, 15) is 18.0 Å². The molecule has 4 rings (SSSR count). The number of likely N-dealkylation sites (N-methyl/N-ethyl adjacent to an activating group) is 1. The molecule has 7 nitrogen and oxygen atoms in total. The summed E-state index contributed by atoms with van der Waals surface area (Å²) < 4.78 is 28.4. The minimum atomic E-state index is -3.76. The lowest BCUT2D eigenvalue weighted by Gasteiger charge is -2.32. The molecule has 2 heterocycles. The Balaban J connectivity index is 1.48. The number of fused-ring (bicyclic) bond motifs is 1. The van der Waals surface area contributed by atoms with Crippen LogP contribution in [0.3, 0.4) is 0 Å². The van der Waals surface area contributed by atoms with Crippen molar-refractivity contribution in [2.75, 3.05) is 25.0 Å². The van der Waals surface area contributed by atoms with Crippen molar-refractivity contribution in [3.05, 3.63) is 23.8 Å². The van der Waals surface area contributed by atoms with Gasteiger partial charge in [-0.25, -0.2) is 8.42 Å². The third-order valence-electron chi connectivity index (χ3n) is 7.69. The van der Waals surface area contributed by atoms with Crippen LogP contribution in [0.5, 0.6) is 0 Å². The summed E-state index contributed by atoms with van der Waals surface area (Å²) in [4.78, 5) is 27.4. The number of benzene rings is 1. The van der Waals surface area contributed by atoms with Gasteiger partial charge in [0.15, 0.2) is 0 Å². The normalized spacial score (nSPS) is 24.8. The maximum atomic E-state index is 13.5. The number of carbonyl (C=O) groups excluding carboxylic acids is 2. The predicted octanol–water partition coefficient (Wildman–Crippen LogP) is 3.57. The van der Waals surface area contributed by atoms with Crippen LogP contribution in [0.1, 0.15) is 77.2 Å². The third-order valence-corrected chi connectivity index (χ3v) is 9.55. The molecular weight excluding hydrogens is 438 g/mol. The highest BCUT2D eigenvalue weighted by molar-refractivity contribution is 7.89. The van der Waals surface area contributed by atoms with Crippen LogP contribution in [0.15, 0.2) is 23.1 Å². The molecule has 1 N–H and O–H groups in total. The summed E-state index contributed by atoms with van der Waals surface area (Å²) >= 11 is 0. The topological polar surface area (TPSA) is 86.8 Å². The van der Waals surface area contributed by atoms with E-state index in [1.54, 1.807) is 30.1 Å². The zero-order valence-corrected chi connectivity index (χ0v) is 20.9. The molecule has 33 heavy (non-hydrogen) atoms. The Morgan fingerprint density at radius 1 is 1.03 bits per heavy atom. The number of hydrogen-bond acceptors (Lipinski definition) is 4.